The number of para-hydroxylation sites is 1. The van der Waals surface area contributed by atoms with E-state index in [9.17, 15) is 0 Å². The molecule has 0 aliphatic carbocycles. The topological polar surface area (TPSA) is 74.5 Å². The predicted octanol–water partition coefficient (Wildman–Crippen LogP) is 0.672. The molecule has 0 spiro atoms. The molecule has 2 aromatic heterocycles. The summed E-state index contributed by atoms with van der Waals surface area (Å²) in [7, 11) is 1.94. The first-order valence-corrected chi connectivity index (χ1v) is 5.77. The zero-order valence-electron chi connectivity index (χ0n) is 10.1. The molecule has 6 heteroatoms. The number of aryl methyl sites for hydroxylation is 1. The monoisotopic (exact) mass is 242 g/mol. The van der Waals surface area contributed by atoms with Gasteiger partial charge in [0.1, 0.15) is 0 Å². The molecule has 0 aliphatic rings. The van der Waals surface area contributed by atoms with Crippen LogP contribution < -0.4 is 5.73 Å². The first-order valence-electron chi connectivity index (χ1n) is 5.77. The molecule has 3 rings (SSSR count). The SMILES string of the molecule is Cn1nc(Cn2cc(CN)nn2)c2ccccc21. The number of hydrogen-bond donors (Lipinski definition) is 1. The minimum Gasteiger partial charge on any atom is -0.325 e. The second-order valence-electron chi connectivity index (χ2n) is 4.20. The molecule has 2 heterocycles. The van der Waals surface area contributed by atoms with Gasteiger partial charge in [0.2, 0.25) is 0 Å². The molecule has 0 amide bonds. The third-order valence-corrected chi connectivity index (χ3v) is 2.94. The van der Waals surface area contributed by atoms with Gasteiger partial charge in [0.05, 0.1) is 29.6 Å². The van der Waals surface area contributed by atoms with Gasteiger partial charge in [-0.15, -0.1) is 5.10 Å². The summed E-state index contributed by atoms with van der Waals surface area (Å²) in [6.45, 7) is 1.01. The van der Waals surface area contributed by atoms with Gasteiger partial charge in [0.15, 0.2) is 0 Å². The Bertz CT molecular complexity index is 681. The van der Waals surface area contributed by atoms with E-state index in [0.717, 1.165) is 22.3 Å². The van der Waals surface area contributed by atoms with Crippen LogP contribution in [0.3, 0.4) is 0 Å². The van der Waals surface area contributed by atoms with E-state index in [-0.39, 0.29) is 0 Å². The molecule has 3 aromatic rings. The van der Waals surface area contributed by atoms with Crippen molar-refractivity contribution in [2.24, 2.45) is 12.8 Å². The molecule has 18 heavy (non-hydrogen) atoms. The Morgan fingerprint density at radius 2 is 2.11 bits per heavy atom. The number of hydrogen-bond acceptors (Lipinski definition) is 4. The molecule has 0 unspecified atom stereocenters. The molecule has 6 nitrogen and oxygen atoms in total. The Kier molecular flexibility index (Phi) is 2.56. The van der Waals surface area contributed by atoms with E-state index in [1.54, 1.807) is 4.68 Å². The maximum absolute atomic E-state index is 5.52. The van der Waals surface area contributed by atoms with Gasteiger partial charge in [-0.2, -0.15) is 5.10 Å². The maximum atomic E-state index is 5.52. The fourth-order valence-electron chi connectivity index (χ4n) is 2.07. The summed E-state index contributed by atoms with van der Waals surface area (Å²) in [6.07, 6.45) is 1.85. The van der Waals surface area contributed by atoms with E-state index < -0.39 is 0 Å². The van der Waals surface area contributed by atoms with Crippen LogP contribution in [0.2, 0.25) is 0 Å². The molecule has 2 N–H and O–H groups in total. The van der Waals surface area contributed by atoms with Crippen LogP contribution in [0, 0.1) is 0 Å². The Morgan fingerprint density at radius 1 is 1.28 bits per heavy atom. The van der Waals surface area contributed by atoms with Gasteiger partial charge in [-0.25, -0.2) is 4.68 Å². The van der Waals surface area contributed by atoms with Crippen molar-refractivity contribution in [3.8, 4) is 0 Å². The van der Waals surface area contributed by atoms with Crippen molar-refractivity contribution in [3.05, 3.63) is 41.9 Å². The summed E-state index contributed by atoms with van der Waals surface area (Å²) in [5, 5.41) is 13.7. The number of rotatable bonds is 3. The highest BCUT2D eigenvalue weighted by atomic mass is 15.4. The quantitative estimate of drug-likeness (QED) is 0.732. The minimum absolute atomic E-state index is 0.406. The normalized spacial score (nSPS) is 11.2. The van der Waals surface area contributed by atoms with Crippen LogP contribution in [0.5, 0.6) is 0 Å². The van der Waals surface area contributed by atoms with Crippen LogP contribution in [0.1, 0.15) is 11.4 Å². The molecule has 92 valence electrons. The van der Waals surface area contributed by atoms with Crippen LogP contribution in [0.15, 0.2) is 30.5 Å². The number of fused-ring (bicyclic) bond motifs is 1. The smallest absolute Gasteiger partial charge is 0.0962 e. The van der Waals surface area contributed by atoms with Crippen molar-refractivity contribution in [3.63, 3.8) is 0 Å². The predicted molar refractivity (Wildman–Crippen MR) is 67.7 cm³/mol. The summed E-state index contributed by atoms with van der Waals surface area (Å²) >= 11 is 0. The molecule has 0 aliphatic heterocycles. The molecule has 1 aromatic carbocycles. The molecule has 0 atom stereocenters. The lowest BCUT2D eigenvalue weighted by molar-refractivity contribution is 0.627. The maximum Gasteiger partial charge on any atom is 0.0962 e. The summed E-state index contributed by atoms with van der Waals surface area (Å²) in [5.74, 6) is 0. The van der Waals surface area contributed by atoms with E-state index in [2.05, 4.69) is 27.5 Å². The molecule has 0 bridgehead atoms. The van der Waals surface area contributed by atoms with Crippen molar-refractivity contribution in [2.75, 3.05) is 0 Å². The number of benzene rings is 1. The number of nitrogens with two attached hydrogens (primary N) is 1. The zero-order valence-corrected chi connectivity index (χ0v) is 10.1. The second-order valence-corrected chi connectivity index (χ2v) is 4.20. The van der Waals surface area contributed by atoms with E-state index in [1.165, 1.54) is 0 Å². The Labute approximate surface area is 104 Å². The first-order chi connectivity index (χ1) is 8.78. The average molecular weight is 242 g/mol. The second kappa shape index (κ2) is 4.23. The minimum atomic E-state index is 0.406. The average Bonchev–Trinajstić information content (AvgIpc) is 2.97. The fraction of sp³-hybridized carbons (Fsp3) is 0.250. The standard InChI is InChI=1S/C12H14N6/c1-17-12-5-3-2-4-10(12)11(15-17)8-18-7-9(6-13)14-16-18/h2-5,7H,6,8,13H2,1H3. The molecule has 0 saturated carbocycles. The van der Waals surface area contributed by atoms with Crippen LogP contribution in [0.4, 0.5) is 0 Å². The van der Waals surface area contributed by atoms with Crippen LogP contribution >= 0.6 is 0 Å². The van der Waals surface area contributed by atoms with Gasteiger partial charge < -0.3 is 5.73 Å². The summed E-state index contributed by atoms with van der Waals surface area (Å²) < 4.78 is 3.64. The van der Waals surface area contributed by atoms with Crippen molar-refractivity contribution < 1.29 is 0 Å². The summed E-state index contributed by atoms with van der Waals surface area (Å²) in [4.78, 5) is 0. The van der Waals surface area contributed by atoms with Crippen molar-refractivity contribution in [1.29, 1.82) is 0 Å². The van der Waals surface area contributed by atoms with Gasteiger partial charge >= 0.3 is 0 Å². The van der Waals surface area contributed by atoms with E-state index in [1.807, 2.05) is 30.1 Å². The highest BCUT2D eigenvalue weighted by Crippen LogP contribution is 2.17. The summed E-state index contributed by atoms with van der Waals surface area (Å²) in [5.41, 5.74) is 8.41. The molecule has 0 saturated heterocycles. The third-order valence-electron chi connectivity index (χ3n) is 2.94. The van der Waals surface area contributed by atoms with E-state index in [0.29, 0.717) is 13.1 Å². The first kappa shape index (κ1) is 10.9. The third kappa shape index (κ3) is 1.76. The van der Waals surface area contributed by atoms with E-state index >= 15 is 0 Å². The zero-order chi connectivity index (χ0) is 12.5. The molecular weight excluding hydrogens is 228 g/mol. The molecule has 0 fully saturated rings. The van der Waals surface area contributed by atoms with Gasteiger partial charge in [-0.3, -0.25) is 4.68 Å². The molecule has 0 radical (unpaired) electrons. The van der Waals surface area contributed by atoms with Gasteiger partial charge in [0, 0.05) is 19.0 Å². The van der Waals surface area contributed by atoms with Crippen molar-refractivity contribution in [1.82, 2.24) is 24.8 Å². The lowest BCUT2D eigenvalue weighted by atomic mass is 10.2. The largest absolute Gasteiger partial charge is 0.325 e. The lowest BCUT2D eigenvalue weighted by Gasteiger charge is -1.96. The summed E-state index contributed by atoms with van der Waals surface area (Å²) in [6, 6.07) is 8.15. The molecular formula is C12H14N6. The Balaban J connectivity index is 1.99. The highest BCUT2D eigenvalue weighted by molar-refractivity contribution is 5.81. The van der Waals surface area contributed by atoms with Crippen LogP contribution in [0.25, 0.3) is 10.9 Å². The van der Waals surface area contributed by atoms with Gasteiger partial charge in [-0.05, 0) is 6.07 Å². The van der Waals surface area contributed by atoms with Crippen LogP contribution in [-0.2, 0) is 20.1 Å². The fourth-order valence-corrected chi connectivity index (χ4v) is 2.07. The van der Waals surface area contributed by atoms with Gasteiger partial charge in [-0.1, -0.05) is 23.4 Å². The van der Waals surface area contributed by atoms with E-state index in [4.69, 9.17) is 5.73 Å². The Morgan fingerprint density at radius 3 is 2.89 bits per heavy atom. The number of aromatic nitrogens is 5. The lowest BCUT2D eigenvalue weighted by Crippen LogP contribution is -2.02. The van der Waals surface area contributed by atoms with Crippen molar-refractivity contribution >= 4 is 10.9 Å². The van der Waals surface area contributed by atoms with Gasteiger partial charge in [0.25, 0.3) is 0 Å². The number of nitrogens with zero attached hydrogens (tertiary/aromatic N) is 5. The Hall–Kier alpha value is -2.21. The van der Waals surface area contributed by atoms with Crippen LogP contribution in [-0.4, -0.2) is 24.8 Å². The highest BCUT2D eigenvalue weighted by Gasteiger charge is 2.09. The van der Waals surface area contributed by atoms with Crippen molar-refractivity contribution in [2.45, 2.75) is 13.1 Å².